The van der Waals surface area contributed by atoms with Crippen LogP contribution in [0, 0.1) is 0 Å². The molecule has 1 aliphatic rings. The highest BCUT2D eigenvalue weighted by atomic mass is 35.5. The Morgan fingerprint density at radius 2 is 1.89 bits per heavy atom. The number of alkyl halides is 1. The highest BCUT2D eigenvalue weighted by Crippen LogP contribution is 2.24. The minimum atomic E-state index is -0.705. The number of ketones is 1. The molecule has 3 heterocycles. The fraction of sp³-hybridized carbons (Fsp3) is 0.467. The van der Waals surface area contributed by atoms with Crippen molar-refractivity contribution in [2.75, 3.05) is 29.2 Å². The number of carbonyl (C=O) groups is 3. The van der Waals surface area contributed by atoms with Crippen LogP contribution in [0.15, 0.2) is 46.0 Å². The number of allylic oxidation sites excluding steroid dienone is 2. The number of hydrogen-bond donors (Lipinski definition) is 2. The van der Waals surface area contributed by atoms with Crippen LogP contribution in [-0.2, 0) is 29.7 Å². The SMILES string of the molecule is C/C=C/Cn1c(N2CCC[C@@H](NC(=O)OC(C)(C)C)C2)nc2c1c(=O)n(CC(=O)c1ccccc1NC(=O)CCl)c(=O)n2C. The van der Waals surface area contributed by atoms with Gasteiger partial charge >= 0.3 is 11.8 Å². The second-order valence-corrected chi connectivity index (χ2v) is 11.8. The summed E-state index contributed by atoms with van der Waals surface area (Å²) in [5.41, 5.74) is -1.29. The number of aryl methyl sites for hydroxylation is 1. The zero-order valence-electron chi connectivity index (χ0n) is 25.6. The number of hydrogen-bond acceptors (Lipinski definition) is 8. The number of Topliss-reactive ketones (excluding diaryl/α,β-unsaturated/α-hetero) is 1. The number of nitrogens with one attached hydrogen (secondary N) is 2. The zero-order chi connectivity index (χ0) is 32.2. The second-order valence-electron chi connectivity index (χ2n) is 11.6. The van der Waals surface area contributed by atoms with E-state index in [1.807, 2.05) is 24.0 Å². The lowest BCUT2D eigenvalue weighted by Crippen LogP contribution is -2.49. The van der Waals surface area contributed by atoms with Crippen molar-refractivity contribution in [3.63, 3.8) is 0 Å². The highest BCUT2D eigenvalue weighted by molar-refractivity contribution is 6.29. The van der Waals surface area contributed by atoms with Crippen LogP contribution in [0.25, 0.3) is 11.2 Å². The summed E-state index contributed by atoms with van der Waals surface area (Å²) in [4.78, 5) is 71.8. The van der Waals surface area contributed by atoms with Gasteiger partial charge in [-0.25, -0.2) is 9.59 Å². The van der Waals surface area contributed by atoms with Crippen LogP contribution in [0.5, 0.6) is 0 Å². The summed E-state index contributed by atoms with van der Waals surface area (Å²) in [6.07, 6.45) is 4.69. The molecular formula is C30H38ClN7O6. The number of carbonyl (C=O) groups excluding carboxylic acids is 3. The van der Waals surface area contributed by atoms with Gasteiger partial charge in [0.2, 0.25) is 11.9 Å². The summed E-state index contributed by atoms with van der Waals surface area (Å²) in [6.45, 7) is 8.03. The molecule has 2 amide bonds. The Hall–Kier alpha value is -4.39. The highest BCUT2D eigenvalue weighted by Gasteiger charge is 2.29. The van der Waals surface area contributed by atoms with E-state index in [-0.39, 0.29) is 40.9 Å². The Morgan fingerprint density at radius 1 is 1.16 bits per heavy atom. The molecule has 236 valence electrons. The number of imidazole rings is 1. The number of para-hydroxylation sites is 1. The van der Waals surface area contributed by atoms with E-state index < -0.39 is 41.2 Å². The Bertz CT molecular complexity index is 1720. The zero-order valence-corrected chi connectivity index (χ0v) is 26.3. The first-order valence-corrected chi connectivity index (χ1v) is 14.9. The van der Waals surface area contributed by atoms with E-state index in [1.165, 1.54) is 17.7 Å². The van der Waals surface area contributed by atoms with Crippen LogP contribution >= 0.6 is 11.6 Å². The first-order chi connectivity index (χ1) is 20.8. The number of aromatic nitrogens is 4. The van der Waals surface area contributed by atoms with E-state index in [1.54, 1.807) is 43.5 Å². The number of anilines is 2. The topological polar surface area (TPSA) is 150 Å². The normalized spacial score (nSPS) is 15.5. The molecule has 1 atom stereocenters. The lowest BCUT2D eigenvalue weighted by molar-refractivity contribution is -0.113. The maximum Gasteiger partial charge on any atom is 0.407 e. The van der Waals surface area contributed by atoms with E-state index in [0.29, 0.717) is 19.0 Å². The fourth-order valence-corrected chi connectivity index (χ4v) is 5.19. The first kappa shape index (κ1) is 32.5. The second kappa shape index (κ2) is 13.5. The van der Waals surface area contributed by atoms with Crippen molar-refractivity contribution in [1.29, 1.82) is 0 Å². The molecule has 0 unspecified atom stereocenters. The molecule has 0 spiro atoms. The number of piperidine rings is 1. The van der Waals surface area contributed by atoms with Gasteiger partial charge in [0.15, 0.2) is 16.9 Å². The van der Waals surface area contributed by atoms with Crippen LogP contribution in [0.3, 0.4) is 0 Å². The molecule has 4 rings (SSSR count). The molecule has 2 N–H and O–H groups in total. The van der Waals surface area contributed by atoms with Gasteiger partial charge in [0.1, 0.15) is 11.5 Å². The lowest BCUT2D eigenvalue weighted by atomic mass is 10.1. The minimum absolute atomic E-state index is 0.139. The van der Waals surface area contributed by atoms with E-state index in [0.717, 1.165) is 17.4 Å². The first-order valence-electron chi connectivity index (χ1n) is 14.4. The molecule has 3 aromatic rings. The van der Waals surface area contributed by atoms with Gasteiger partial charge in [-0.15, -0.1) is 11.6 Å². The van der Waals surface area contributed by atoms with Crippen molar-refractivity contribution in [3.8, 4) is 0 Å². The molecular weight excluding hydrogens is 590 g/mol. The summed E-state index contributed by atoms with van der Waals surface area (Å²) < 4.78 is 9.28. The van der Waals surface area contributed by atoms with Crippen LogP contribution in [0.2, 0.25) is 0 Å². The third kappa shape index (κ3) is 7.21. The molecule has 44 heavy (non-hydrogen) atoms. The van der Waals surface area contributed by atoms with Gasteiger partial charge in [-0.1, -0.05) is 24.3 Å². The Labute approximate surface area is 259 Å². The van der Waals surface area contributed by atoms with Crippen molar-refractivity contribution in [2.24, 2.45) is 7.05 Å². The molecule has 0 radical (unpaired) electrons. The van der Waals surface area contributed by atoms with Crippen molar-refractivity contribution in [2.45, 2.75) is 65.3 Å². The molecule has 1 saturated heterocycles. The van der Waals surface area contributed by atoms with E-state index >= 15 is 0 Å². The average molecular weight is 628 g/mol. The predicted molar refractivity (Wildman–Crippen MR) is 169 cm³/mol. The summed E-state index contributed by atoms with van der Waals surface area (Å²) in [7, 11) is 1.50. The molecule has 0 bridgehead atoms. The van der Waals surface area contributed by atoms with Gasteiger partial charge in [-0.05, 0) is 52.7 Å². The van der Waals surface area contributed by atoms with Crippen LogP contribution in [-0.4, -0.2) is 67.1 Å². The predicted octanol–water partition coefficient (Wildman–Crippen LogP) is 3.03. The number of nitrogens with zero attached hydrogens (tertiary/aromatic N) is 5. The third-order valence-electron chi connectivity index (χ3n) is 7.09. The van der Waals surface area contributed by atoms with E-state index in [2.05, 4.69) is 10.6 Å². The Balaban J connectivity index is 1.73. The van der Waals surface area contributed by atoms with Gasteiger partial charge in [-0.3, -0.25) is 23.5 Å². The lowest BCUT2D eigenvalue weighted by Gasteiger charge is -2.34. The van der Waals surface area contributed by atoms with Crippen molar-refractivity contribution in [1.82, 2.24) is 24.0 Å². The number of rotatable bonds is 9. The minimum Gasteiger partial charge on any atom is -0.444 e. The van der Waals surface area contributed by atoms with Gasteiger partial charge < -0.3 is 24.8 Å². The third-order valence-corrected chi connectivity index (χ3v) is 7.33. The molecule has 0 aliphatic carbocycles. The van der Waals surface area contributed by atoms with Crippen LogP contribution < -0.4 is 26.8 Å². The van der Waals surface area contributed by atoms with Crippen LogP contribution in [0.4, 0.5) is 16.4 Å². The van der Waals surface area contributed by atoms with Crippen molar-refractivity contribution < 1.29 is 19.1 Å². The molecule has 1 aromatic carbocycles. The summed E-state index contributed by atoms with van der Waals surface area (Å²) >= 11 is 5.61. The van der Waals surface area contributed by atoms with Crippen LogP contribution in [0.1, 0.15) is 50.9 Å². The molecule has 0 saturated carbocycles. The van der Waals surface area contributed by atoms with Gasteiger partial charge in [-0.2, -0.15) is 4.98 Å². The van der Waals surface area contributed by atoms with Gasteiger partial charge in [0.25, 0.3) is 5.56 Å². The molecule has 13 nitrogen and oxygen atoms in total. The molecule has 14 heteroatoms. The Kier molecular flexibility index (Phi) is 9.98. The van der Waals surface area contributed by atoms with Gasteiger partial charge in [0.05, 0.1) is 12.2 Å². The molecule has 1 fully saturated rings. The quantitative estimate of drug-likeness (QED) is 0.209. The number of fused-ring (bicyclic) bond motifs is 1. The molecule has 1 aliphatic heterocycles. The van der Waals surface area contributed by atoms with Gasteiger partial charge in [0, 0.05) is 38.3 Å². The number of amides is 2. The summed E-state index contributed by atoms with van der Waals surface area (Å²) in [5, 5.41) is 5.50. The maximum atomic E-state index is 13.9. The Morgan fingerprint density at radius 3 is 2.57 bits per heavy atom. The fourth-order valence-electron chi connectivity index (χ4n) is 5.12. The maximum absolute atomic E-state index is 13.9. The number of ether oxygens (including phenoxy) is 1. The van der Waals surface area contributed by atoms with Crippen molar-refractivity contribution in [3.05, 3.63) is 62.8 Å². The number of benzene rings is 1. The standard InChI is InChI=1S/C30H38ClN7O6/c1-6-7-15-37-24-25(34-27(37)36-14-10-11-19(17-36)32-28(42)44-30(2,3)4)35(5)29(43)38(26(24)41)18-22(39)20-12-8-9-13-21(20)33-23(40)16-31/h6-9,12-13,19H,10-11,14-18H2,1-5H3,(H,32,42)(H,33,40)/b7-6+/t19-/m1/s1. The molecule has 2 aromatic heterocycles. The number of halogens is 1. The smallest absolute Gasteiger partial charge is 0.407 e. The summed E-state index contributed by atoms with van der Waals surface area (Å²) in [6, 6.07) is 6.10. The van der Waals surface area contributed by atoms with Crippen molar-refractivity contribution >= 4 is 52.2 Å². The average Bonchev–Trinajstić information content (AvgIpc) is 3.36. The van der Waals surface area contributed by atoms with E-state index in [9.17, 15) is 24.0 Å². The van der Waals surface area contributed by atoms with E-state index in [4.69, 9.17) is 21.3 Å². The summed E-state index contributed by atoms with van der Waals surface area (Å²) in [5.74, 6) is -0.866. The monoisotopic (exact) mass is 627 g/mol. The largest absolute Gasteiger partial charge is 0.444 e. The number of alkyl carbamates (subject to hydrolysis) is 1.